The van der Waals surface area contributed by atoms with Crippen LogP contribution in [0.1, 0.15) is 26.7 Å². The molecular formula is C10H12N2O. The Hall–Kier alpha value is -1.32. The summed E-state index contributed by atoms with van der Waals surface area (Å²) in [5.41, 5.74) is 1.21. The molecule has 0 N–H and O–H groups in total. The molecule has 0 bridgehead atoms. The molecule has 1 heterocycles. The molecule has 1 saturated heterocycles. The van der Waals surface area contributed by atoms with Gasteiger partial charge in [-0.15, -0.1) is 0 Å². The monoisotopic (exact) mass is 176 g/mol. The number of rotatable bonds is 0. The number of ether oxygens (including phenoxy) is 1. The first kappa shape index (κ1) is 9.77. The zero-order valence-electron chi connectivity index (χ0n) is 7.87. The topological polar surface area (TPSA) is 56.8 Å². The van der Waals surface area contributed by atoms with Crippen molar-refractivity contribution in [2.75, 3.05) is 0 Å². The van der Waals surface area contributed by atoms with E-state index in [9.17, 15) is 0 Å². The van der Waals surface area contributed by atoms with Crippen molar-refractivity contribution in [3.8, 4) is 12.1 Å². The van der Waals surface area contributed by atoms with Gasteiger partial charge >= 0.3 is 0 Å². The molecule has 2 unspecified atom stereocenters. The molecule has 1 aliphatic heterocycles. The van der Waals surface area contributed by atoms with Crippen LogP contribution in [0.3, 0.4) is 0 Å². The van der Waals surface area contributed by atoms with Crippen LogP contribution in [0, 0.1) is 22.7 Å². The predicted molar refractivity (Wildman–Crippen MR) is 47.5 cm³/mol. The lowest BCUT2D eigenvalue weighted by atomic mass is 9.95. The number of hydrogen-bond donors (Lipinski definition) is 0. The van der Waals surface area contributed by atoms with Crippen LogP contribution < -0.4 is 0 Å². The van der Waals surface area contributed by atoms with E-state index in [-0.39, 0.29) is 17.8 Å². The summed E-state index contributed by atoms with van der Waals surface area (Å²) in [5.74, 6) is 0. The Morgan fingerprint density at radius 3 is 2.08 bits per heavy atom. The van der Waals surface area contributed by atoms with E-state index in [0.29, 0.717) is 12.8 Å². The summed E-state index contributed by atoms with van der Waals surface area (Å²) in [7, 11) is 0. The van der Waals surface area contributed by atoms with E-state index in [1.807, 2.05) is 26.0 Å². The Kier molecular flexibility index (Phi) is 3.06. The van der Waals surface area contributed by atoms with Crippen LogP contribution in [0.4, 0.5) is 0 Å². The van der Waals surface area contributed by atoms with E-state index < -0.39 is 0 Å². The van der Waals surface area contributed by atoms with E-state index in [0.717, 1.165) is 5.57 Å². The van der Waals surface area contributed by atoms with Crippen LogP contribution in [0.15, 0.2) is 11.1 Å². The molecule has 0 amide bonds. The summed E-state index contributed by atoms with van der Waals surface area (Å²) >= 11 is 0. The van der Waals surface area contributed by atoms with Crippen molar-refractivity contribution in [3.05, 3.63) is 11.1 Å². The molecule has 0 aliphatic carbocycles. The fraction of sp³-hybridized carbons (Fsp3) is 0.600. The number of nitriles is 2. The van der Waals surface area contributed by atoms with Gasteiger partial charge in [-0.1, -0.05) is 0 Å². The molecule has 0 aromatic carbocycles. The molecule has 3 nitrogen and oxygen atoms in total. The molecule has 0 spiro atoms. The van der Waals surface area contributed by atoms with Crippen molar-refractivity contribution < 1.29 is 4.74 Å². The van der Waals surface area contributed by atoms with Gasteiger partial charge in [-0.3, -0.25) is 0 Å². The summed E-state index contributed by atoms with van der Waals surface area (Å²) in [6.45, 7) is 3.92. The fourth-order valence-corrected chi connectivity index (χ4v) is 1.66. The van der Waals surface area contributed by atoms with Gasteiger partial charge in [0.2, 0.25) is 0 Å². The minimum absolute atomic E-state index is 0.121. The largest absolute Gasteiger partial charge is 0.375 e. The molecule has 0 saturated carbocycles. The Balaban J connectivity index is 2.88. The van der Waals surface area contributed by atoms with Crippen LogP contribution in [-0.4, -0.2) is 12.2 Å². The van der Waals surface area contributed by atoms with Crippen LogP contribution in [0.25, 0.3) is 0 Å². The molecule has 1 rings (SSSR count). The van der Waals surface area contributed by atoms with E-state index in [1.165, 1.54) is 0 Å². The lowest BCUT2D eigenvalue weighted by Crippen LogP contribution is -2.25. The second kappa shape index (κ2) is 4.07. The van der Waals surface area contributed by atoms with Gasteiger partial charge in [0.15, 0.2) is 0 Å². The van der Waals surface area contributed by atoms with Crippen molar-refractivity contribution in [1.29, 1.82) is 10.5 Å². The Morgan fingerprint density at radius 1 is 1.23 bits per heavy atom. The Morgan fingerprint density at radius 2 is 1.69 bits per heavy atom. The van der Waals surface area contributed by atoms with Gasteiger partial charge in [-0.05, 0) is 32.3 Å². The molecule has 1 fully saturated rings. The van der Waals surface area contributed by atoms with Gasteiger partial charge in [0, 0.05) is 0 Å². The van der Waals surface area contributed by atoms with Crippen molar-refractivity contribution in [3.63, 3.8) is 0 Å². The zero-order chi connectivity index (χ0) is 9.84. The fourth-order valence-electron chi connectivity index (χ4n) is 1.66. The highest BCUT2D eigenvalue weighted by molar-refractivity contribution is 5.40. The molecular weight excluding hydrogens is 164 g/mol. The first-order valence-electron chi connectivity index (χ1n) is 4.35. The summed E-state index contributed by atoms with van der Waals surface area (Å²) in [6, 6.07) is 3.85. The summed E-state index contributed by atoms with van der Waals surface area (Å²) in [6.07, 6.45) is 1.66. The zero-order valence-corrected chi connectivity index (χ0v) is 7.87. The number of hydrogen-bond acceptors (Lipinski definition) is 3. The van der Waals surface area contributed by atoms with Crippen LogP contribution in [-0.2, 0) is 4.74 Å². The smallest absolute Gasteiger partial charge is 0.129 e. The Labute approximate surface area is 78.2 Å². The Bertz CT molecular complexity index is 278. The minimum atomic E-state index is 0.121. The SMILES string of the molecule is CC1CC(=C(C#N)C#N)CC(C)O1. The molecule has 68 valence electrons. The predicted octanol–water partition coefficient (Wildman–Crippen LogP) is 1.92. The van der Waals surface area contributed by atoms with Gasteiger partial charge in [-0.25, -0.2) is 0 Å². The van der Waals surface area contributed by atoms with Crippen LogP contribution in [0.5, 0.6) is 0 Å². The molecule has 0 aromatic rings. The molecule has 0 radical (unpaired) electrons. The third-order valence-electron chi connectivity index (χ3n) is 2.11. The van der Waals surface area contributed by atoms with Gasteiger partial charge in [0.1, 0.15) is 17.7 Å². The normalized spacial score (nSPS) is 27.5. The van der Waals surface area contributed by atoms with E-state index >= 15 is 0 Å². The lowest BCUT2D eigenvalue weighted by Gasteiger charge is -2.27. The third kappa shape index (κ3) is 2.31. The van der Waals surface area contributed by atoms with Gasteiger partial charge < -0.3 is 4.74 Å². The third-order valence-corrected chi connectivity index (χ3v) is 2.11. The standard InChI is InChI=1S/C10H12N2O/c1-7-3-9(4-8(2)13-7)10(5-11)6-12/h7-8H,3-4H2,1-2H3. The van der Waals surface area contributed by atoms with E-state index in [1.54, 1.807) is 0 Å². The summed E-state index contributed by atoms with van der Waals surface area (Å²) in [4.78, 5) is 0. The van der Waals surface area contributed by atoms with E-state index in [2.05, 4.69) is 0 Å². The summed E-state index contributed by atoms with van der Waals surface area (Å²) in [5, 5.41) is 17.4. The number of nitrogens with zero attached hydrogens (tertiary/aromatic N) is 2. The maximum atomic E-state index is 8.68. The highest BCUT2D eigenvalue weighted by atomic mass is 16.5. The van der Waals surface area contributed by atoms with Gasteiger partial charge in [0.25, 0.3) is 0 Å². The maximum absolute atomic E-state index is 8.68. The highest BCUT2D eigenvalue weighted by Crippen LogP contribution is 2.26. The molecule has 13 heavy (non-hydrogen) atoms. The average molecular weight is 176 g/mol. The molecule has 0 aromatic heterocycles. The van der Waals surface area contributed by atoms with Crippen LogP contribution in [0.2, 0.25) is 0 Å². The van der Waals surface area contributed by atoms with Gasteiger partial charge in [0.05, 0.1) is 12.2 Å². The second-order valence-electron chi connectivity index (χ2n) is 3.37. The summed E-state index contributed by atoms with van der Waals surface area (Å²) < 4.78 is 5.50. The quantitative estimate of drug-likeness (QED) is 0.530. The van der Waals surface area contributed by atoms with Crippen molar-refractivity contribution in [1.82, 2.24) is 0 Å². The van der Waals surface area contributed by atoms with Crippen molar-refractivity contribution in [2.24, 2.45) is 0 Å². The minimum Gasteiger partial charge on any atom is -0.375 e. The first-order valence-corrected chi connectivity index (χ1v) is 4.35. The highest BCUT2D eigenvalue weighted by Gasteiger charge is 2.21. The number of allylic oxidation sites excluding steroid dienone is 1. The lowest BCUT2D eigenvalue weighted by molar-refractivity contribution is -0.0104. The van der Waals surface area contributed by atoms with Crippen LogP contribution >= 0.6 is 0 Å². The van der Waals surface area contributed by atoms with Crippen molar-refractivity contribution >= 4 is 0 Å². The van der Waals surface area contributed by atoms with Gasteiger partial charge in [-0.2, -0.15) is 10.5 Å². The molecule has 2 atom stereocenters. The maximum Gasteiger partial charge on any atom is 0.129 e. The molecule has 3 heteroatoms. The first-order chi connectivity index (χ1) is 6.17. The van der Waals surface area contributed by atoms with E-state index in [4.69, 9.17) is 15.3 Å². The van der Waals surface area contributed by atoms with Crippen molar-refractivity contribution in [2.45, 2.75) is 38.9 Å². The average Bonchev–Trinajstić information content (AvgIpc) is 2.04. The second-order valence-corrected chi connectivity index (χ2v) is 3.37. The molecule has 1 aliphatic rings.